The van der Waals surface area contributed by atoms with Crippen LogP contribution in [0.15, 0.2) is 28.2 Å². The van der Waals surface area contributed by atoms with Crippen LogP contribution in [0.3, 0.4) is 0 Å². The fourth-order valence-corrected chi connectivity index (χ4v) is 1.90. The lowest BCUT2D eigenvalue weighted by atomic mass is 10.1. The molecule has 0 aromatic heterocycles. The topological polar surface area (TPSA) is 85.3 Å². The number of nitrogens with two attached hydrogens (primary N) is 1. The van der Waals surface area contributed by atoms with E-state index in [0.717, 1.165) is 4.47 Å². The highest BCUT2D eigenvalue weighted by Gasteiger charge is 2.09. The summed E-state index contributed by atoms with van der Waals surface area (Å²) in [5.41, 5.74) is 6.20. The number of nitrogens with zero attached hydrogens (tertiary/aromatic N) is 1. The number of nitriles is 1. The minimum atomic E-state index is -0.467. The standard InChI is InChI=1S/C14H13BrN2O3S/c1-2-19-13(18)8-20-12-4-3-11(15)6-9(12)5-10(7-16)14(17)21/h3-6H,2,8H2,1H3,(H2,17,21). The predicted octanol–water partition coefficient (Wildman–Crippen LogP) is 2.58. The van der Waals surface area contributed by atoms with Gasteiger partial charge in [-0.05, 0) is 31.2 Å². The first kappa shape index (κ1) is 17.1. The maximum absolute atomic E-state index is 11.3. The van der Waals surface area contributed by atoms with E-state index in [1.807, 2.05) is 6.07 Å². The highest BCUT2D eigenvalue weighted by atomic mass is 79.9. The third kappa shape index (κ3) is 5.53. The van der Waals surface area contributed by atoms with Gasteiger partial charge in [0.15, 0.2) is 6.61 Å². The Morgan fingerprint density at radius 3 is 2.86 bits per heavy atom. The maximum atomic E-state index is 11.3. The molecule has 0 saturated carbocycles. The largest absolute Gasteiger partial charge is 0.481 e. The van der Waals surface area contributed by atoms with Gasteiger partial charge in [-0.1, -0.05) is 28.1 Å². The van der Waals surface area contributed by atoms with E-state index in [-0.39, 0.29) is 23.8 Å². The predicted molar refractivity (Wildman–Crippen MR) is 86.6 cm³/mol. The fourth-order valence-electron chi connectivity index (χ4n) is 1.42. The van der Waals surface area contributed by atoms with Crippen LogP contribution in [0.25, 0.3) is 6.08 Å². The number of benzene rings is 1. The molecule has 0 atom stereocenters. The van der Waals surface area contributed by atoms with Crippen molar-refractivity contribution in [1.29, 1.82) is 5.26 Å². The quantitative estimate of drug-likeness (QED) is 0.359. The first-order valence-corrected chi connectivity index (χ1v) is 7.17. The molecule has 7 heteroatoms. The van der Waals surface area contributed by atoms with Crippen LogP contribution in [0.1, 0.15) is 12.5 Å². The average Bonchev–Trinajstić information content (AvgIpc) is 2.43. The van der Waals surface area contributed by atoms with E-state index in [9.17, 15) is 4.79 Å². The Labute approximate surface area is 136 Å². The number of hydrogen-bond acceptors (Lipinski definition) is 5. The molecule has 0 radical (unpaired) electrons. The van der Waals surface area contributed by atoms with Gasteiger partial charge in [0.05, 0.1) is 12.2 Å². The van der Waals surface area contributed by atoms with Gasteiger partial charge in [0.2, 0.25) is 0 Å². The number of rotatable bonds is 6. The Morgan fingerprint density at radius 2 is 2.29 bits per heavy atom. The van der Waals surface area contributed by atoms with E-state index in [2.05, 4.69) is 15.9 Å². The summed E-state index contributed by atoms with van der Waals surface area (Å²) in [4.78, 5) is 11.3. The van der Waals surface area contributed by atoms with Crippen LogP contribution in [-0.4, -0.2) is 24.2 Å². The second-order valence-corrected chi connectivity index (χ2v) is 5.17. The van der Waals surface area contributed by atoms with Crippen molar-refractivity contribution in [1.82, 2.24) is 0 Å². The molecule has 21 heavy (non-hydrogen) atoms. The summed E-state index contributed by atoms with van der Waals surface area (Å²) in [7, 11) is 0. The SMILES string of the molecule is CCOC(=O)COc1ccc(Br)cc1C=C(C#N)C(N)=S. The van der Waals surface area contributed by atoms with E-state index < -0.39 is 5.97 Å². The molecule has 0 unspecified atom stereocenters. The molecule has 1 aromatic carbocycles. The average molecular weight is 369 g/mol. The van der Waals surface area contributed by atoms with Crippen LogP contribution in [0, 0.1) is 11.3 Å². The van der Waals surface area contributed by atoms with Gasteiger partial charge < -0.3 is 15.2 Å². The molecular weight excluding hydrogens is 356 g/mol. The zero-order valence-electron chi connectivity index (χ0n) is 11.3. The number of hydrogen-bond donors (Lipinski definition) is 1. The highest BCUT2D eigenvalue weighted by Crippen LogP contribution is 2.25. The zero-order valence-corrected chi connectivity index (χ0v) is 13.7. The van der Waals surface area contributed by atoms with Gasteiger partial charge in [0.25, 0.3) is 0 Å². The van der Waals surface area contributed by atoms with Crippen molar-refractivity contribution in [3.05, 3.63) is 33.8 Å². The first-order chi connectivity index (χ1) is 9.97. The van der Waals surface area contributed by atoms with Gasteiger partial charge in [0.1, 0.15) is 16.8 Å². The summed E-state index contributed by atoms with van der Waals surface area (Å²) in [6, 6.07) is 7.07. The van der Waals surface area contributed by atoms with Gasteiger partial charge in [-0.2, -0.15) is 5.26 Å². The molecule has 2 N–H and O–H groups in total. The Hall–Kier alpha value is -1.91. The third-order valence-electron chi connectivity index (χ3n) is 2.31. The summed E-state index contributed by atoms with van der Waals surface area (Å²) in [6.07, 6.45) is 1.51. The van der Waals surface area contributed by atoms with Crippen LogP contribution < -0.4 is 10.5 Å². The minimum Gasteiger partial charge on any atom is -0.481 e. The lowest BCUT2D eigenvalue weighted by Gasteiger charge is -2.09. The van der Waals surface area contributed by atoms with Crippen LogP contribution in [0.4, 0.5) is 0 Å². The molecule has 0 aliphatic rings. The maximum Gasteiger partial charge on any atom is 0.344 e. The number of halogens is 1. The number of carbonyl (C=O) groups is 1. The number of carbonyl (C=O) groups excluding carboxylic acids is 1. The summed E-state index contributed by atoms with van der Waals surface area (Å²) in [5, 5.41) is 8.99. The summed E-state index contributed by atoms with van der Waals surface area (Å²) in [5.74, 6) is -0.0412. The molecule has 0 saturated heterocycles. The number of ether oxygens (including phenoxy) is 2. The Morgan fingerprint density at radius 1 is 1.57 bits per heavy atom. The van der Waals surface area contributed by atoms with Gasteiger partial charge in [-0.3, -0.25) is 0 Å². The minimum absolute atomic E-state index is 0.00572. The van der Waals surface area contributed by atoms with E-state index in [0.29, 0.717) is 11.3 Å². The van der Waals surface area contributed by atoms with Crippen molar-refractivity contribution in [3.8, 4) is 11.8 Å². The van der Waals surface area contributed by atoms with Crippen molar-refractivity contribution in [2.24, 2.45) is 5.73 Å². The fraction of sp³-hybridized carbons (Fsp3) is 0.214. The van der Waals surface area contributed by atoms with Crippen LogP contribution >= 0.6 is 28.1 Å². The Balaban J connectivity index is 3.03. The van der Waals surface area contributed by atoms with Crippen LogP contribution in [0.5, 0.6) is 5.75 Å². The molecule has 0 fully saturated rings. The molecule has 0 amide bonds. The van der Waals surface area contributed by atoms with Crippen LogP contribution in [0.2, 0.25) is 0 Å². The molecule has 0 heterocycles. The van der Waals surface area contributed by atoms with Crippen molar-refractivity contribution in [2.45, 2.75) is 6.92 Å². The van der Waals surface area contributed by atoms with Crippen molar-refractivity contribution < 1.29 is 14.3 Å². The molecule has 1 aromatic rings. The molecule has 1 rings (SSSR count). The normalized spacial score (nSPS) is 10.6. The zero-order chi connectivity index (χ0) is 15.8. The second kappa shape index (κ2) is 8.39. The lowest BCUT2D eigenvalue weighted by Crippen LogP contribution is -2.15. The van der Waals surface area contributed by atoms with E-state index in [4.69, 9.17) is 32.7 Å². The second-order valence-electron chi connectivity index (χ2n) is 3.81. The number of esters is 1. The molecule has 0 aliphatic heterocycles. The van der Waals surface area contributed by atoms with Gasteiger partial charge in [0, 0.05) is 10.0 Å². The number of thiocarbonyl (C=S) groups is 1. The van der Waals surface area contributed by atoms with Gasteiger partial charge >= 0.3 is 5.97 Å². The van der Waals surface area contributed by atoms with E-state index in [1.165, 1.54) is 6.08 Å². The Bertz CT molecular complexity index is 623. The molecule has 5 nitrogen and oxygen atoms in total. The highest BCUT2D eigenvalue weighted by molar-refractivity contribution is 9.10. The smallest absolute Gasteiger partial charge is 0.344 e. The van der Waals surface area contributed by atoms with E-state index in [1.54, 1.807) is 25.1 Å². The molecule has 110 valence electrons. The first-order valence-electron chi connectivity index (χ1n) is 5.97. The van der Waals surface area contributed by atoms with Crippen molar-refractivity contribution in [3.63, 3.8) is 0 Å². The monoisotopic (exact) mass is 368 g/mol. The molecule has 0 bridgehead atoms. The van der Waals surface area contributed by atoms with Gasteiger partial charge in [-0.25, -0.2) is 4.79 Å². The third-order valence-corrected chi connectivity index (χ3v) is 3.02. The van der Waals surface area contributed by atoms with Crippen molar-refractivity contribution >= 4 is 45.2 Å². The van der Waals surface area contributed by atoms with E-state index >= 15 is 0 Å². The summed E-state index contributed by atoms with van der Waals surface area (Å²) >= 11 is 8.12. The molecule has 0 spiro atoms. The molecular formula is C14H13BrN2O3S. The summed E-state index contributed by atoms with van der Waals surface area (Å²) in [6.45, 7) is 1.79. The van der Waals surface area contributed by atoms with Crippen LogP contribution in [-0.2, 0) is 9.53 Å². The lowest BCUT2D eigenvalue weighted by molar-refractivity contribution is -0.145. The Kier molecular flexibility index (Phi) is 6.85. The molecule has 0 aliphatic carbocycles. The summed E-state index contributed by atoms with van der Waals surface area (Å²) < 4.78 is 11.0. The van der Waals surface area contributed by atoms with Gasteiger partial charge in [-0.15, -0.1) is 0 Å². The van der Waals surface area contributed by atoms with Crippen molar-refractivity contribution in [2.75, 3.05) is 13.2 Å².